The van der Waals surface area contributed by atoms with Crippen LogP contribution in [0.1, 0.15) is 18.4 Å². The van der Waals surface area contributed by atoms with E-state index in [9.17, 15) is 4.79 Å². The number of nitrogens with one attached hydrogen (secondary N) is 2. The summed E-state index contributed by atoms with van der Waals surface area (Å²) in [6, 6.07) is 17.5. The molecule has 3 aromatic rings. The number of aromatic nitrogens is 1. The van der Waals surface area contributed by atoms with Crippen LogP contribution in [0, 0.1) is 0 Å². The Morgan fingerprint density at radius 3 is 2.66 bits per heavy atom. The standard InChI is InChI=1S/C23H22N4O2/c24-19-8-6-16(7-9-19)17-10-12-23(13-11-17,15-21(28)27-29)26-20-5-1-3-18-4-2-14-25-22(18)20/h1-12,14,26,29H,13,15,24H2,(H,27,28). The van der Waals surface area contributed by atoms with Gasteiger partial charge in [-0.15, -0.1) is 0 Å². The summed E-state index contributed by atoms with van der Waals surface area (Å²) in [6.07, 6.45) is 8.45. The first kappa shape index (κ1) is 18.7. The molecule has 1 aromatic heterocycles. The first-order chi connectivity index (χ1) is 14.1. The molecule has 1 unspecified atom stereocenters. The highest BCUT2D eigenvalue weighted by molar-refractivity contribution is 5.91. The minimum Gasteiger partial charge on any atom is -0.399 e. The number of carbonyl (C=O) groups excluding carboxylic acids is 1. The Bertz CT molecular complexity index is 1100. The number of amides is 1. The van der Waals surface area contributed by atoms with Crippen molar-refractivity contribution in [1.29, 1.82) is 0 Å². The molecule has 0 radical (unpaired) electrons. The number of benzene rings is 2. The van der Waals surface area contributed by atoms with E-state index in [-0.39, 0.29) is 6.42 Å². The van der Waals surface area contributed by atoms with E-state index in [0.717, 1.165) is 27.7 Å². The Hall–Kier alpha value is -3.64. The number of carbonyl (C=O) groups is 1. The first-order valence-electron chi connectivity index (χ1n) is 9.39. The second-order valence-corrected chi connectivity index (χ2v) is 7.19. The number of hydroxylamine groups is 1. The van der Waals surface area contributed by atoms with Crippen molar-refractivity contribution in [2.75, 3.05) is 11.1 Å². The van der Waals surface area contributed by atoms with E-state index in [4.69, 9.17) is 10.9 Å². The fraction of sp³-hybridized carbons (Fsp3) is 0.130. The van der Waals surface area contributed by atoms with Crippen molar-refractivity contribution in [2.24, 2.45) is 0 Å². The maximum atomic E-state index is 12.0. The van der Waals surface area contributed by atoms with Crippen LogP contribution < -0.4 is 16.5 Å². The van der Waals surface area contributed by atoms with Gasteiger partial charge in [0.05, 0.1) is 23.2 Å². The number of nitrogen functional groups attached to an aromatic ring is 1. The van der Waals surface area contributed by atoms with Crippen LogP contribution in [0.4, 0.5) is 11.4 Å². The van der Waals surface area contributed by atoms with Crippen LogP contribution >= 0.6 is 0 Å². The zero-order valence-electron chi connectivity index (χ0n) is 15.8. The smallest absolute Gasteiger partial charge is 0.246 e. The molecule has 0 saturated heterocycles. The van der Waals surface area contributed by atoms with Crippen LogP contribution in [0.15, 0.2) is 79.0 Å². The van der Waals surface area contributed by atoms with Gasteiger partial charge in [0, 0.05) is 17.3 Å². The molecule has 29 heavy (non-hydrogen) atoms. The van der Waals surface area contributed by atoms with E-state index < -0.39 is 11.4 Å². The maximum absolute atomic E-state index is 12.0. The van der Waals surface area contributed by atoms with Gasteiger partial charge in [-0.3, -0.25) is 15.0 Å². The number of hydrogen-bond acceptors (Lipinski definition) is 5. The molecule has 2 aromatic carbocycles. The molecule has 6 heteroatoms. The van der Waals surface area contributed by atoms with Crippen molar-refractivity contribution in [2.45, 2.75) is 18.4 Å². The molecule has 1 atom stereocenters. The van der Waals surface area contributed by atoms with Crippen molar-refractivity contribution in [1.82, 2.24) is 10.5 Å². The van der Waals surface area contributed by atoms with E-state index in [1.165, 1.54) is 0 Å². The number of allylic oxidation sites excluding steroid dienone is 2. The topological polar surface area (TPSA) is 100 Å². The van der Waals surface area contributed by atoms with Crippen molar-refractivity contribution in [3.05, 3.63) is 84.6 Å². The molecular formula is C23H22N4O2. The predicted octanol–water partition coefficient (Wildman–Crippen LogP) is 3.91. The fourth-order valence-electron chi connectivity index (χ4n) is 3.63. The van der Waals surface area contributed by atoms with Crippen molar-refractivity contribution in [3.63, 3.8) is 0 Å². The molecule has 4 rings (SSSR count). The lowest BCUT2D eigenvalue weighted by molar-refractivity contribution is -0.129. The zero-order valence-corrected chi connectivity index (χ0v) is 15.8. The molecule has 1 aliphatic rings. The third kappa shape index (κ3) is 3.97. The predicted molar refractivity (Wildman–Crippen MR) is 115 cm³/mol. The average molecular weight is 386 g/mol. The second kappa shape index (κ2) is 7.77. The van der Waals surface area contributed by atoms with Gasteiger partial charge in [0.2, 0.25) is 5.91 Å². The molecule has 0 fully saturated rings. The molecule has 6 nitrogen and oxygen atoms in total. The minimum absolute atomic E-state index is 0.0781. The SMILES string of the molecule is Nc1ccc(C2=CCC(CC(=O)NO)(Nc3cccc4cccnc34)C=C2)cc1. The van der Waals surface area contributed by atoms with E-state index in [2.05, 4.69) is 16.4 Å². The first-order valence-corrected chi connectivity index (χ1v) is 9.39. The van der Waals surface area contributed by atoms with Gasteiger partial charge in [-0.2, -0.15) is 0 Å². The van der Waals surface area contributed by atoms with Crippen LogP contribution in [0.5, 0.6) is 0 Å². The molecule has 1 heterocycles. The Balaban J connectivity index is 1.66. The molecule has 0 bridgehead atoms. The summed E-state index contributed by atoms with van der Waals surface area (Å²) in [5.41, 5.74) is 11.3. The Morgan fingerprint density at radius 2 is 1.93 bits per heavy atom. The normalized spacial score (nSPS) is 18.3. The van der Waals surface area contributed by atoms with Crippen LogP contribution in [-0.2, 0) is 4.79 Å². The summed E-state index contributed by atoms with van der Waals surface area (Å²) >= 11 is 0. The molecule has 146 valence electrons. The van der Waals surface area contributed by atoms with Gasteiger partial charge < -0.3 is 11.1 Å². The van der Waals surface area contributed by atoms with Gasteiger partial charge in [0.15, 0.2) is 0 Å². The summed E-state index contributed by atoms with van der Waals surface area (Å²) in [5.74, 6) is -0.459. The molecular weight excluding hydrogens is 364 g/mol. The number of nitrogens with zero attached hydrogens (tertiary/aromatic N) is 1. The van der Waals surface area contributed by atoms with Gasteiger partial charge >= 0.3 is 0 Å². The summed E-state index contributed by atoms with van der Waals surface area (Å²) in [6.45, 7) is 0. The van der Waals surface area contributed by atoms with Crippen LogP contribution in [0.2, 0.25) is 0 Å². The summed E-state index contributed by atoms with van der Waals surface area (Å²) < 4.78 is 0. The quantitative estimate of drug-likeness (QED) is 0.303. The molecule has 0 spiro atoms. The van der Waals surface area contributed by atoms with Crippen molar-refractivity contribution < 1.29 is 10.0 Å². The van der Waals surface area contributed by atoms with Gasteiger partial charge in [0.1, 0.15) is 0 Å². The zero-order chi connectivity index (χ0) is 20.3. The van der Waals surface area contributed by atoms with Gasteiger partial charge in [-0.25, -0.2) is 5.48 Å². The molecule has 1 amide bonds. The third-order valence-corrected chi connectivity index (χ3v) is 5.13. The van der Waals surface area contributed by atoms with E-state index >= 15 is 0 Å². The van der Waals surface area contributed by atoms with Gasteiger partial charge in [-0.05, 0) is 41.8 Å². The minimum atomic E-state index is -0.685. The second-order valence-electron chi connectivity index (χ2n) is 7.19. The largest absolute Gasteiger partial charge is 0.399 e. The molecule has 1 aliphatic carbocycles. The number of para-hydroxylation sites is 1. The van der Waals surface area contributed by atoms with E-state index in [1.807, 2.05) is 66.7 Å². The lowest BCUT2D eigenvalue weighted by atomic mass is 9.83. The summed E-state index contributed by atoms with van der Waals surface area (Å²) in [5, 5.41) is 13.6. The van der Waals surface area contributed by atoms with Crippen molar-refractivity contribution >= 4 is 33.8 Å². The lowest BCUT2D eigenvalue weighted by Gasteiger charge is -2.34. The maximum Gasteiger partial charge on any atom is 0.246 e. The highest BCUT2D eigenvalue weighted by Crippen LogP contribution is 2.34. The Labute approximate surface area is 168 Å². The Morgan fingerprint density at radius 1 is 1.14 bits per heavy atom. The van der Waals surface area contributed by atoms with Crippen molar-refractivity contribution in [3.8, 4) is 0 Å². The third-order valence-electron chi connectivity index (χ3n) is 5.13. The molecule has 0 aliphatic heterocycles. The number of anilines is 2. The van der Waals surface area contributed by atoms with Crippen LogP contribution in [-0.4, -0.2) is 21.6 Å². The fourth-order valence-corrected chi connectivity index (χ4v) is 3.63. The average Bonchev–Trinajstić information content (AvgIpc) is 2.75. The van der Waals surface area contributed by atoms with Crippen LogP contribution in [0.3, 0.4) is 0 Å². The summed E-state index contributed by atoms with van der Waals surface area (Å²) in [4.78, 5) is 16.5. The van der Waals surface area contributed by atoms with Gasteiger partial charge in [-0.1, -0.05) is 48.6 Å². The number of fused-ring (bicyclic) bond motifs is 1. The molecule has 5 N–H and O–H groups in total. The van der Waals surface area contributed by atoms with E-state index in [1.54, 1.807) is 11.7 Å². The van der Waals surface area contributed by atoms with E-state index in [0.29, 0.717) is 12.1 Å². The highest BCUT2D eigenvalue weighted by atomic mass is 16.5. The number of pyridine rings is 1. The highest BCUT2D eigenvalue weighted by Gasteiger charge is 2.32. The van der Waals surface area contributed by atoms with Gasteiger partial charge in [0.25, 0.3) is 0 Å². The Kier molecular flexibility index (Phi) is 5.01. The lowest BCUT2D eigenvalue weighted by Crippen LogP contribution is -2.42. The molecule has 0 saturated carbocycles. The monoisotopic (exact) mass is 386 g/mol. The van der Waals surface area contributed by atoms with Crippen LogP contribution in [0.25, 0.3) is 16.5 Å². The number of hydrogen-bond donors (Lipinski definition) is 4. The number of nitrogens with two attached hydrogens (primary N) is 1. The number of rotatable bonds is 5. The summed E-state index contributed by atoms with van der Waals surface area (Å²) in [7, 11) is 0.